The molecule has 2 heterocycles. The highest BCUT2D eigenvalue weighted by atomic mass is 16.5. The van der Waals surface area contributed by atoms with Crippen LogP contribution >= 0.6 is 0 Å². The number of carbonyl (C=O) groups excluding carboxylic acids is 1. The van der Waals surface area contributed by atoms with Gasteiger partial charge in [-0.25, -0.2) is 0 Å². The van der Waals surface area contributed by atoms with Crippen molar-refractivity contribution in [1.29, 1.82) is 0 Å². The first-order valence-corrected chi connectivity index (χ1v) is 8.22. The quantitative estimate of drug-likeness (QED) is 0.794. The van der Waals surface area contributed by atoms with Crippen LogP contribution in [0.4, 0.5) is 0 Å². The number of ether oxygens (including phenoxy) is 1. The lowest BCUT2D eigenvalue weighted by atomic mass is 9.84. The highest BCUT2D eigenvalue weighted by Crippen LogP contribution is 2.24. The monoisotopic (exact) mass is 297 g/mol. The van der Waals surface area contributed by atoms with E-state index in [1.54, 1.807) is 0 Å². The Kier molecular flexibility index (Phi) is 5.63. The van der Waals surface area contributed by atoms with Crippen LogP contribution in [0.15, 0.2) is 0 Å². The molecule has 2 rings (SSSR count). The molecule has 122 valence electrons. The Labute approximate surface area is 128 Å². The van der Waals surface area contributed by atoms with E-state index in [9.17, 15) is 4.79 Å². The Balaban J connectivity index is 1.75. The molecule has 0 bridgehead atoms. The summed E-state index contributed by atoms with van der Waals surface area (Å²) in [5.41, 5.74) is 5.88. The third-order valence-corrected chi connectivity index (χ3v) is 4.48. The largest absolute Gasteiger partial charge is 0.373 e. The van der Waals surface area contributed by atoms with Gasteiger partial charge in [0.05, 0.1) is 18.6 Å². The zero-order chi connectivity index (χ0) is 15.5. The molecule has 5 nitrogen and oxygen atoms in total. The molecule has 2 fully saturated rings. The first-order valence-electron chi connectivity index (χ1n) is 8.22. The molecule has 0 saturated carbocycles. The Morgan fingerprint density at radius 2 is 2.24 bits per heavy atom. The lowest BCUT2D eigenvalue weighted by molar-refractivity contribution is -0.127. The summed E-state index contributed by atoms with van der Waals surface area (Å²) in [5, 5.41) is 3.04. The summed E-state index contributed by atoms with van der Waals surface area (Å²) < 4.78 is 5.87. The third kappa shape index (κ3) is 4.94. The molecule has 2 aliphatic rings. The van der Waals surface area contributed by atoms with Gasteiger partial charge < -0.3 is 15.8 Å². The number of fused-ring (bicyclic) bond motifs is 1. The van der Waals surface area contributed by atoms with Gasteiger partial charge in [-0.15, -0.1) is 0 Å². The van der Waals surface area contributed by atoms with Gasteiger partial charge in [0.2, 0.25) is 5.91 Å². The number of hydrogen-bond donors (Lipinski definition) is 2. The fourth-order valence-corrected chi connectivity index (χ4v) is 3.39. The highest BCUT2D eigenvalue weighted by Gasteiger charge is 2.32. The van der Waals surface area contributed by atoms with E-state index in [1.165, 1.54) is 19.4 Å². The minimum Gasteiger partial charge on any atom is -0.373 e. The van der Waals surface area contributed by atoms with Crippen LogP contribution in [0.25, 0.3) is 0 Å². The van der Waals surface area contributed by atoms with Crippen LogP contribution in [0.5, 0.6) is 0 Å². The molecule has 5 heteroatoms. The van der Waals surface area contributed by atoms with Crippen LogP contribution in [0, 0.1) is 11.3 Å². The standard InChI is InChI=1S/C16H31N3O2/c1-16(2,3)7-12(8-17)15(20)18-9-14-10-19-6-4-5-13(19)11-21-14/h12-14H,4-11,17H2,1-3H3,(H,18,20). The molecular formula is C16H31N3O2. The molecule has 3 atom stereocenters. The van der Waals surface area contributed by atoms with E-state index in [0.29, 0.717) is 19.1 Å². The summed E-state index contributed by atoms with van der Waals surface area (Å²) in [6, 6.07) is 0.606. The van der Waals surface area contributed by atoms with Gasteiger partial charge in [0.1, 0.15) is 0 Å². The minimum absolute atomic E-state index is 0.0690. The summed E-state index contributed by atoms with van der Waals surface area (Å²) >= 11 is 0. The summed E-state index contributed by atoms with van der Waals surface area (Å²) in [7, 11) is 0. The molecule has 3 N–H and O–H groups in total. The van der Waals surface area contributed by atoms with Crippen molar-refractivity contribution in [1.82, 2.24) is 10.2 Å². The van der Waals surface area contributed by atoms with Crippen LogP contribution in [0.3, 0.4) is 0 Å². The van der Waals surface area contributed by atoms with Crippen molar-refractivity contribution in [2.24, 2.45) is 17.1 Å². The molecule has 2 aliphatic heterocycles. The molecule has 0 aliphatic carbocycles. The number of morpholine rings is 1. The lowest BCUT2D eigenvalue weighted by Gasteiger charge is -2.35. The average molecular weight is 297 g/mol. The number of amides is 1. The molecule has 1 amide bonds. The zero-order valence-corrected chi connectivity index (χ0v) is 13.7. The van der Waals surface area contributed by atoms with Crippen LogP contribution in [0.2, 0.25) is 0 Å². The maximum absolute atomic E-state index is 12.3. The Morgan fingerprint density at radius 3 is 2.90 bits per heavy atom. The maximum atomic E-state index is 12.3. The maximum Gasteiger partial charge on any atom is 0.224 e. The molecule has 0 radical (unpaired) electrons. The van der Waals surface area contributed by atoms with Crippen molar-refractivity contribution in [2.45, 2.75) is 52.2 Å². The Hall–Kier alpha value is -0.650. The first-order chi connectivity index (χ1) is 9.89. The van der Waals surface area contributed by atoms with Gasteiger partial charge in [-0.05, 0) is 31.2 Å². The zero-order valence-electron chi connectivity index (χ0n) is 13.7. The fourth-order valence-electron chi connectivity index (χ4n) is 3.39. The van der Waals surface area contributed by atoms with E-state index in [1.807, 2.05) is 0 Å². The van der Waals surface area contributed by atoms with Gasteiger partial charge >= 0.3 is 0 Å². The summed E-state index contributed by atoms with van der Waals surface area (Å²) in [4.78, 5) is 14.8. The smallest absolute Gasteiger partial charge is 0.224 e. The van der Waals surface area contributed by atoms with Crippen LogP contribution in [-0.4, -0.2) is 55.7 Å². The normalized spacial score (nSPS) is 28.2. The highest BCUT2D eigenvalue weighted by molar-refractivity contribution is 5.78. The lowest BCUT2D eigenvalue weighted by Crippen LogP contribution is -2.51. The van der Waals surface area contributed by atoms with Crippen molar-refractivity contribution < 1.29 is 9.53 Å². The second kappa shape index (κ2) is 7.07. The van der Waals surface area contributed by atoms with Crippen molar-refractivity contribution in [3.63, 3.8) is 0 Å². The molecule has 21 heavy (non-hydrogen) atoms. The van der Waals surface area contributed by atoms with Gasteiger partial charge in [0, 0.05) is 25.7 Å². The van der Waals surface area contributed by atoms with Crippen molar-refractivity contribution in [2.75, 3.05) is 32.8 Å². The predicted octanol–water partition coefficient (Wildman–Crippen LogP) is 0.977. The molecular weight excluding hydrogens is 266 g/mol. The van der Waals surface area contributed by atoms with E-state index < -0.39 is 0 Å². The van der Waals surface area contributed by atoms with E-state index in [4.69, 9.17) is 10.5 Å². The SMILES string of the molecule is CC(C)(C)CC(CN)C(=O)NCC1CN2CCCC2CO1. The number of nitrogens with one attached hydrogen (secondary N) is 1. The van der Waals surface area contributed by atoms with Crippen LogP contribution in [-0.2, 0) is 9.53 Å². The number of nitrogens with two attached hydrogens (primary N) is 1. The Morgan fingerprint density at radius 1 is 1.48 bits per heavy atom. The summed E-state index contributed by atoms with van der Waals surface area (Å²) in [5.74, 6) is -0.0345. The van der Waals surface area contributed by atoms with E-state index >= 15 is 0 Å². The molecule has 0 aromatic carbocycles. The topological polar surface area (TPSA) is 67.6 Å². The number of carbonyl (C=O) groups is 1. The van der Waals surface area contributed by atoms with Gasteiger partial charge in [-0.1, -0.05) is 20.8 Å². The first kappa shape index (κ1) is 16.7. The van der Waals surface area contributed by atoms with Crippen molar-refractivity contribution >= 4 is 5.91 Å². The molecule has 3 unspecified atom stereocenters. The molecule has 0 spiro atoms. The number of rotatable bonds is 5. The summed E-state index contributed by atoms with van der Waals surface area (Å²) in [6.45, 7) is 10.3. The number of nitrogens with zero attached hydrogens (tertiary/aromatic N) is 1. The van der Waals surface area contributed by atoms with Gasteiger partial charge in [-0.3, -0.25) is 9.69 Å². The predicted molar refractivity (Wildman–Crippen MR) is 84.0 cm³/mol. The third-order valence-electron chi connectivity index (χ3n) is 4.48. The second-order valence-corrected chi connectivity index (χ2v) is 7.69. The van der Waals surface area contributed by atoms with E-state index in [2.05, 4.69) is 31.0 Å². The molecule has 2 saturated heterocycles. The minimum atomic E-state index is -0.104. The van der Waals surface area contributed by atoms with E-state index in [0.717, 1.165) is 19.6 Å². The van der Waals surface area contributed by atoms with Crippen molar-refractivity contribution in [3.8, 4) is 0 Å². The van der Waals surface area contributed by atoms with Crippen LogP contribution < -0.4 is 11.1 Å². The van der Waals surface area contributed by atoms with Gasteiger partial charge in [0.25, 0.3) is 0 Å². The van der Waals surface area contributed by atoms with Crippen LogP contribution in [0.1, 0.15) is 40.0 Å². The Bertz CT molecular complexity index is 354. The average Bonchev–Trinajstić information content (AvgIpc) is 2.88. The molecule has 0 aromatic rings. The van der Waals surface area contributed by atoms with Crippen molar-refractivity contribution in [3.05, 3.63) is 0 Å². The fraction of sp³-hybridized carbons (Fsp3) is 0.938. The van der Waals surface area contributed by atoms with E-state index in [-0.39, 0.29) is 23.3 Å². The molecule has 0 aromatic heterocycles. The second-order valence-electron chi connectivity index (χ2n) is 7.69. The van der Waals surface area contributed by atoms with Gasteiger partial charge in [-0.2, -0.15) is 0 Å². The number of hydrogen-bond acceptors (Lipinski definition) is 4. The summed E-state index contributed by atoms with van der Waals surface area (Å²) in [6.07, 6.45) is 3.46. The van der Waals surface area contributed by atoms with Gasteiger partial charge in [0.15, 0.2) is 0 Å².